The molecular formula is C15H26N2. The molecule has 0 amide bonds. The summed E-state index contributed by atoms with van der Waals surface area (Å²) in [5.74, 6) is 0.594. The van der Waals surface area contributed by atoms with Crippen LogP contribution in [-0.4, -0.2) is 39.1 Å². The second-order valence-corrected chi connectivity index (χ2v) is 5.43. The highest BCUT2D eigenvalue weighted by atomic mass is 15.2. The van der Waals surface area contributed by atoms with Crippen molar-refractivity contribution >= 4 is 5.69 Å². The highest BCUT2D eigenvalue weighted by molar-refractivity contribution is 5.55. The molecular weight excluding hydrogens is 208 g/mol. The van der Waals surface area contributed by atoms with E-state index in [0.717, 1.165) is 13.1 Å². The first kappa shape index (κ1) is 14.0. The Morgan fingerprint density at radius 1 is 1.06 bits per heavy atom. The molecule has 0 spiro atoms. The van der Waals surface area contributed by atoms with Gasteiger partial charge in [0.05, 0.1) is 0 Å². The summed E-state index contributed by atoms with van der Waals surface area (Å²) >= 11 is 0. The molecule has 0 aliphatic carbocycles. The minimum absolute atomic E-state index is 0.594. The molecule has 17 heavy (non-hydrogen) atoms. The minimum atomic E-state index is 0.594. The molecule has 0 aliphatic heterocycles. The van der Waals surface area contributed by atoms with Crippen LogP contribution in [0.5, 0.6) is 0 Å². The molecule has 0 fully saturated rings. The van der Waals surface area contributed by atoms with Gasteiger partial charge in [0.15, 0.2) is 0 Å². The second kappa shape index (κ2) is 6.06. The first-order valence-corrected chi connectivity index (χ1v) is 6.38. The molecule has 0 saturated heterocycles. The third kappa shape index (κ3) is 4.04. The van der Waals surface area contributed by atoms with Crippen molar-refractivity contribution < 1.29 is 0 Å². The standard InChI is InChI=1S/C15H26N2/c1-12(2)14-8-7-13(3)15(11-14)17(6)10-9-16(4)5/h7-8,11-12H,9-10H2,1-6H3. The highest BCUT2D eigenvalue weighted by Crippen LogP contribution is 2.24. The average molecular weight is 234 g/mol. The van der Waals surface area contributed by atoms with Crippen molar-refractivity contribution in [2.75, 3.05) is 39.1 Å². The number of hydrogen-bond donors (Lipinski definition) is 0. The van der Waals surface area contributed by atoms with E-state index < -0.39 is 0 Å². The van der Waals surface area contributed by atoms with Gasteiger partial charge >= 0.3 is 0 Å². The number of benzene rings is 1. The predicted molar refractivity (Wildman–Crippen MR) is 77.1 cm³/mol. The van der Waals surface area contributed by atoms with Crippen LogP contribution in [-0.2, 0) is 0 Å². The molecule has 0 unspecified atom stereocenters. The van der Waals surface area contributed by atoms with Crippen molar-refractivity contribution in [2.45, 2.75) is 26.7 Å². The van der Waals surface area contributed by atoms with Crippen molar-refractivity contribution in [3.05, 3.63) is 29.3 Å². The van der Waals surface area contributed by atoms with Gasteiger partial charge in [-0.1, -0.05) is 26.0 Å². The summed E-state index contributed by atoms with van der Waals surface area (Å²) in [6.07, 6.45) is 0. The summed E-state index contributed by atoms with van der Waals surface area (Å²) in [4.78, 5) is 4.57. The normalized spacial score (nSPS) is 11.3. The van der Waals surface area contributed by atoms with Crippen molar-refractivity contribution in [3.63, 3.8) is 0 Å². The first-order chi connectivity index (χ1) is 7.91. The lowest BCUT2D eigenvalue weighted by Crippen LogP contribution is -2.28. The van der Waals surface area contributed by atoms with E-state index in [0.29, 0.717) is 5.92 Å². The van der Waals surface area contributed by atoms with E-state index in [1.54, 1.807) is 0 Å². The smallest absolute Gasteiger partial charge is 0.0396 e. The van der Waals surface area contributed by atoms with Crippen LogP contribution in [0.4, 0.5) is 5.69 Å². The van der Waals surface area contributed by atoms with E-state index in [-0.39, 0.29) is 0 Å². The van der Waals surface area contributed by atoms with E-state index in [1.165, 1.54) is 16.8 Å². The SMILES string of the molecule is Cc1ccc(C(C)C)cc1N(C)CCN(C)C. The maximum absolute atomic E-state index is 2.35. The van der Waals surface area contributed by atoms with Gasteiger partial charge in [-0.25, -0.2) is 0 Å². The minimum Gasteiger partial charge on any atom is -0.373 e. The third-order valence-corrected chi connectivity index (χ3v) is 3.19. The van der Waals surface area contributed by atoms with E-state index in [1.807, 2.05) is 0 Å². The summed E-state index contributed by atoms with van der Waals surface area (Å²) in [5, 5.41) is 0. The Bertz CT molecular complexity index is 356. The molecule has 0 bridgehead atoms. The monoisotopic (exact) mass is 234 g/mol. The Morgan fingerprint density at radius 3 is 2.24 bits per heavy atom. The molecule has 2 nitrogen and oxygen atoms in total. The molecule has 96 valence electrons. The number of likely N-dealkylation sites (N-methyl/N-ethyl adjacent to an activating group) is 2. The molecule has 2 heteroatoms. The Kier molecular flexibility index (Phi) is 5.01. The molecule has 0 N–H and O–H groups in total. The van der Waals surface area contributed by atoms with Crippen LogP contribution in [0.2, 0.25) is 0 Å². The number of hydrogen-bond acceptors (Lipinski definition) is 2. The fourth-order valence-corrected chi connectivity index (χ4v) is 1.87. The molecule has 1 aromatic rings. The van der Waals surface area contributed by atoms with Crippen molar-refractivity contribution in [1.82, 2.24) is 4.90 Å². The van der Waals surface area contributed by atoms with Crippen molar-refractivity contribution in [2.24, 2.45) is 0 Å². The van der Waals surface area contributed by atoms with Gasteiger partial charge in [0, 0.05) is 25.8 Å². The Labute approximate surface area is 106 Å². The van der Waals surface area contributed by atoms with Gasteiger partial charge in [-0.2, -0.15) is 0 Å². The lowest BCUT2D eigenvalue weighted by molar-refractivity contribution is 0.416. The van der Waals surface area contributed by atoms with E-state index in [2.05, 4.69) is 69.9 Å². The largest absolute Gasteiger partial charge is 0.373 e. The zero-order chi connectivity index (χ0) is 13.0. The predicted octanol–water partition coefficient (Wildman–Crippen LogP) is 3.12. The molecule has 1 rings (SSSR count). The van der Waals surface area contributed by atoms with Crippen LogP contribution in [0.15, 0.2) is 18.2 Å². The van der Waals surface area contributed by atoms with Crippen LogP contribution < -0.4 is 4.90 Å². The zero-order valence-electron chi connectivity index (χ0n) is 12.1. The van der Waals surface area contributed by atoms with Gasteiger partial charge in [0.1, 0.15) is 0 Å². The van der Waals surface area contributed by atoms with E-state index in [9.17, 15) is 0 Å². The molecule has 0 aliphatic rings. The summed E-state index contributed by atoms with van der Waals surface area (Å²) in [7, 11) is 6.41. The van der Waals surface area contributed by atoms with Crippen LogP contribution in [0.3, 0.4) is 0 Å². The van der Waals surface area contributed by atoms with Gasteiger partial charge in [0.25, 0.3) is 0 Å². The van der Waals surface area contributed by atoms with Crippen LogP contribution >= 0.6 is 0 Å². The Morgan fingerprint density at radius 2 is 1.71 bits per heavy atom. The fraction of sp³-hybridized carbons (Fsp3) is 0.600. The maximum atomic E-state index is 2.35. The first-order valence-electron chi connectivity index (χ1n) is 6.38. The van der Waals surface area contributed by atoms with Gasteiger partial charge in [-0.15, -0.1) is 0 Å². The summed E-state index contributed by atoms with van der Waals surface area (Å²) < 4.78 is 0. The molecule has 0 saturated carbocycles. The summed E-state index contributed by atoms with van der Waals surface area (Å²) in [6.45, 7) is 8.82. The second-order valence-electron chi connectivity index (χ2n) is 5.43. The lowest BCUT2D eigenvalue weighted by atomic mass is 10.0. The number of rotatable bonds is 5. The zero-order valence-corrected chi connectivity index (χ0v) is 12.1. The lowest BCUT2D eigenvalue weighted by Gasteiger charge is -2.24. The molecule has 0 heterocycles. The van der Waals surface area contributed by atoms with E-state index in [4.69, 9.17) is 0 Å². The van der Waals surface area contributed by atoms with Gasteiger partial charge in [-0.3, -0.25) is 0 Å². The molecule has 0 radical (unpaired) electrons. The van der Waals surface area contributed by atoms with Crippen LogP contribution in [0, 0.1) is 6.92 Å². The maximum Gasteiger partial charge on any atom is 0.0396 e. The van der Waals surface area contributed by atoms with Crippen LogP contribution in [0.1, 0.15) is 30.9 Å². The highest BCUT2D eigenvalue weighted by Gasteiger charge is 2.07. The molecule has 0 atom stereocenters. The average Bonchev–Trinajstić information content (AvgIpc) is 2.26. The topological polar surface area (TPSA) is 6.48 Å². The van der Waals surface area contributed by atoms with Gasteiger partial charge in [-0.05, 0) is 44.1 Å². The molecule has 1 aromatic carbocycles. The Balaban J connectivity index is 2.84. The Hall–Kier alpha value is -1.02. The van der Waals surface area contributed by atoms with Crippen LogP contribution in [0.25, 0.3) is 0 Å². The van der Waals surface area contributed by atoms with Crippen molar-refractivity contribution in [3.8, 4) is 0 Å². The third-order valence-electron chi connectivity index (χ3n) is 3.19. The quantitative estimate of drug-likeness (QED) is 0.772. The summed E-state index contributed by atoms with van der Waals surface area (Å²) in [5.41, 5.74) is 4.14. The molecule has 0 aromatic heterocycles. The van der Waals surface area contributed by atoms with Crippen molar-refractivity contribution in [1.29, 1.82) is 0 Å². The number of anilines is 1. The van der Waals surface area contributed by atoms with E-state index >= 15 is 0 Å². The fourth-order valence-electron chi connectivity index (χ4n) is 1.87. The number of aryl methyl sites for hydroxylation is 1. The number of nitrogens with zero attached hydrogens (tertiary/aromatic N) is 2. The van der Waals surface area contributed by atoms with Gasteiger partial charge in [0.2, 0.25) is 0 Å². The van der Waals surface area contributed by atoms with Gasteiger partial charge < -0.3 is 9.80 Å². The summed E-state index contributed by atoms with van der Waals surface area (Å²) in [6, 6.07) is 6.80.